The van der Waals surface area contributed by atoms with Crippen molar-refractivity contribution in [1.82, 2.24) is 19.7 Å². The summed E-state index contributed by atoms with van der Waals surface area (Å²) in [5, 5.41) is 9.42. The second-order valence-corrected chi connectivity index (χ2v) is 8.37. The van der Waals surface area contributed by atoms with E-state index in [1.165, 1.54) is 6.07 Å². The highest BCUT2D eigenvalue weighted by Crippen LogP contribution is 2.41. The minimum absolute atomic E-state index is 0.360. The molecule has 176 valence electrons. The third-order valence-electron chi connectivity index (χ3n) is 5.39. The highest BCUT2D eigenvalue weighted by Gasteiger charge is 2.22. The van der Waals surface area contributed by atoms with E-state index < -0.39 is 0 Å². The lowest BCUT2D eigenvalue weighted by Gasteiger charge is -2.26. The minimum Gasteiger partial charge on any atom is -0.493 e. The van der Waals surface area contributed by atoms with Crippen molar-refractivity contribution in [2.45, 2.75) is 5.16 Å². The van der Waals surface area contributed by atoms with Gasteiger partial charge in [0, 0.05) is 31.0 Å². The first kappa shape index (κ1) is 23.3. The molecular formula is C23H27FN4O4S. The summed E-state index contributed by atoms with van der Waals surface area (Å²) in [6, 6.07) is 10.2. The first-order valence-corrected chi connectivity index (χ1v) is 11.6. The topological polar surface area (TPSA) is 70.9 Å². The number of methoxy groups -OCH3 is 3. The number of para-hydroxylation sites is 1. The van der Waals surface area contributed by atoms with Crippen molar-refractivity contribution < 1.29 is 23.3 Å². The molecule has 0 aliphatic carbocycles. The number of aromatic nitrogens is 3. The lowest BCUT2D eigenvalue weighted by atomic mass is 10.1. The summed E-state index contributed by atoms with van der Waals surface area (Å²) in [5.41, 5.74) is 1.04. The molecule has 0 spiro atoms. The maximum Gasteiger partial charge on any atom is 0.203 e. The Morgan fingerprint density at radius 3 is 2.33 bits per heavy atom. The molecule has 1 aromatic heterocycles. The molecule has 2 heterocycles. The Hall–Kier alpha value is -2.82. The van der Waals surface area contributed by atoms with Gasteiger partial charge in [-0.3, -0.25) is 9.47 Å². The molecule has 0 unspecified atom stereocenters. The molecule has 0 bridgehead atoms. The van der Waals surface area contributed by atoms with Gasteiger partial charge in [0.05, 0.1) is 40.2 Å². The number of hydrogen-bond acceptors (Lipinski definition) is 8. The van der Waals surface area contributed by atoms with E-state index >= 15 is 0 Å². The van der Waals surface area contributed by atoms with E-state index in [-0.39, 0.29) is 5.82 Å². The lowest BCUT2D eigenvalue weighted by Crippen LogP contribution is -2.37. The molecule has 1 aliphatic heterocycles. The molecule has 0 amide bonds. The Bertz CT molecular complexity index is 1060. The number of nitrogens with zero attached hydrogens (tertiary/aromatic N) is 4. The van der Waals surface area contributed by atoms with Gasteiger partial charge in [-0.15, -0.1) is 10.2 Å². The average Bonchev–Trinajstić information content (AvgIpc) is 3.27. The molecule has 10 heteroatoms. The zero-order valence-corrected chi connectivity index (χ0v) is 19.7. The van der Waals surface area contributed by atoms with E-state index in [9.17, 15) is 4.39 Å². The van der Waals surface area contributed by atoms with Crippen LogP contribution in [0, 0.1) is 5.82 Å². The van der Waals surface area contributed by atoms with Gasteiger partial charge in [-0.05, 0) is 24.3 Å². The van der Waals surface area contributed by atoms with Crippen LogP contribution in [0.25, 0.3) is 17.1 Å². The molecular weight excluding hydrogens is 447 g/mol. The summed E-state index contributed by atoms with van der Waals surface area (Å²) in [6.45, 7) is 4.22. The van der Waals surface area contributed by atoms with E-state index in [4.69, 9.17) is 18.9 Å². The fraction of sp³-hybridized carbons (Fsp3) is 0.391. The van der Waals surface area contributed by atoms with Crippen molar-refractivity contribution in [3.63, 3.8) is 0 Å². The summed E-state index contributed by atoms with van der Waals surface area (Å²) in [5.74, 6) is 2.35. The van der Waals surface area contributed by atoms with Gasteiger partial charge in [-0.25, -0.2) is 4.39 Å². The maximum absolute atomic E-state index is 14.9. The largest absolute Gasteiger partial charge is 0.493 e. The molecule has 3 aromatic rings. The van der Waals surface area contributed by atoms with Crippen LogP contribution in [0.1, 0.15) is 0 Å². The second-order valence-electron chi connectivity index (χ2n) is 7.31. The predicted octanol–water partition coefficient (Wildman–Crippen LogP) is 3.52. The van der Waals surface area contributed by atoms with Crippen LogP contribution in [-0.2, 0) is 4.74 Å². The number of halogens is 1. The van der Waals surface area contributed by atoms with Gasteiger partial charge in [0.25, 0.3) is 0 Å². The zero-order chi connectivity index (χ0) is 23.2. The van der Waals surface area contributed by atoms with Crippen molar-refractivity contribution in [1.29, 1.82) is 0 Å². The first-order chi connectivity index (χ1) is 16.2. The van der Waals surface area contributed by atoms with Crippen LogP contribution in [0.15, 0.2) is 41.6 Å². The highest BCUT2D eigenvalue weighted by atomic mass is 32.2. The van der Waals surface area contributed by atoms with E-state index in [0.717, 1.165) is 38.6 Å². The number of ether oxygens (including phenoxy) is 4. The first-order valence-electron chi connectivity index (χ1n) is 10.6. The van der Waals surface area contributed by atoms with Crippen LogP contribution in [-0.4, -0.2) is 79.6 Å². The predicted molar refractivity (Wildman–Crippen MR) is 124 cm³/mol. The summed E-state index contributed by atoms with van der Waals surface area (Å²) >= 11 is 1.54. The molecule has 1 aliphatic rings. The number of thioether (sulfide) groups is 1. The van der Waals surface area contributed by atoms with Crippen LogP contribution < -0.4 is 14.2 Å². The van der Waals surface area contributed by atoms with E-state index in [0.29, 0.717) is 39.5 Å². The zero-order valence-electron chi connectivity index (χ0n) is 18.9. The van der Waals surface area contributed by atoms with Crippen LogP contribution in [0.4, 0.5) is 4.39 Å². The Balaban J connectivity index is 1.72. The second kappa shape index (κ2) is 10.9. The van der Waals surface area contributed by atoms with Gasteiger partial charge in [-0.2, -0.15) is 0 Å². The van der Waals surface area contributed by atoms with Gasteiger partial charge in [0.15, 0.2) is 22.5 Å². The van der Waals surface area contributed by atoms with Crippen molar-refractivity contribution in [2.24, 2.45) is 0 Å². The minimum atomic E-state index is -0.360. The number of hydrogen-bond donors (Lipinski definition) is 0. The number of benzene rings is 2. The van der Waals surface area contributed by atoms with Gasteiger partial charge < -0.3 is 18.9 Å². The quantitative estimate of drug-likeness (QED) is 0.437. The van der Waals surface area contributed by atoms with Gasteiger partial charge in [-0.1, -0.05) is 23.9 Å². The van der Waals surface area contributed by atoms with Crippen LogP contribution in [0.2, 0.25) is 0 Å². The number of morpholine rings is 1. The lowest BCUT2D eigenvalue weighted by molar-refractivity contribution is 0.0410. The third-order valence-corrected chi connectivity index (χ3v) is 6.30. The highest BCUT2D eigenvalue weighted by molar-refractivity contribution is 7.99. The Kier molecular flexibility index (Phi) is 7.69. The van der Waals surface area contributed by atoms with Gasteiger partial charge in [0.1, 0.15) is 5.82 Å². The maximum atomic E-state index is 14.9. The summed E-state index contributed by atoms with van der Waals surface area (Å²) < 4.78 is 38.4. The smallest absolute Gasteiger partial charge is 0.203 e. The standard InChI is InChI=1S/C23H27FN4O4S/c1-29-19-14-16(15-20(30-2)21(19)31-3)22-25-26-23(28(22)18-7-5-4-6-17(18)24)33-13-10-27-8-11-32-12-9-27/h4-7,14-15H,8-13H2,1-3H3. The normalized spacial score (nSPS) is 14.3. The van der Waals surface area contributed by atoms with Crippen LogP contribution >= 0.6 is 11.8 Å². The van der Waals surface area contributed by atoms with E-state index in [1.807, 2.05) is 0 Å². The Morgan fingerprint density at radius 2 is 1.70 bits per heavy atom. The molecule has 2 aromatic carbocycles. The summed E-state index contributed by atoms with van der Waals surface area (Å²) in [6.07, 6.45) is 0. The molecule has 1 saturated heterocycles. The average molecular weight is 475 g/mol. The Morgan fingerprint density at radius 1 is 1.00 bits per heavy atom. The Labute approximate surface area is 196 Å². The van der Waals surface area contributed by atoms with E-state index in [1.54, 1.807) is 68.0 Å². The molecule has 0 N–H and O–H groups in total. The molecule has 4 rings (SSSR count). The SMILES string of the molecule is COc1cc(-c2nnc(SCCN3CCOCC3)n2-c2ccccc2F)cc(OC)c1OC. The molecule has 1 fully saturated rings. The van der Waals surface area contributed by atoms with Gasteiger partial charge >= 0.3 is 0 Å². The number of rotatable bonds is 9. The third kappa shape index (κ3) is 5.07. The van der Waals surface area contributed by atoms with Crippen LogP contribution in [0.5, 0.6) is 17.2 Å². The molecule has 8 nitrogen and oxygen atoms in total. The molecule has 0 radical (unpaired) electrons. The van der Waals surface area contributed by atoms with Crippen molar-refractivity contribution in [3.05, 3.63) is 42.2 Å². The van der Waals surface area contributed by atoms with Crippen molar-refractivity contribution in [3.8, 4) is 34.3 Å². The summed E-state index contributed by atoms with van der Waals surface area (Å²) in [7, 11) is 4.65. The van der Waals surface area contributed by atoms with Crippen molar-refractivity contribution in [2.75, 3.05) is 59.9 Å². The molecule has 0 atom stereocenters. The molecule has 0 saturated carbocycles. The van der Waals surface area contributed by atoms with Crippen LogP contribution in [0.3, 0.4) is 0 Å². The van der Waals surface area contributed by atoms with Gasteiger partial charge in [0.2, 0.25) is 5.75 Å². The summed E-state index contributed by atoms with van der Waals surface area (Å²) in [4.78, 5) is 2.35. The fourth-order valence-electron chi connectivity index (χ4n) is 3.70. The monoisotopic (exact) mass is 474 g/mol. The molecule has 33 heavy (non-hydrogen) atoms. The van der Waals surface area contributed by atoms with E-state index in [2.05, 4.69) is 15.1 Å². The fourth-order valence-corrected chi connectivity index (χ4v) is 4.65. The van der Waals surface area contributed by atoms with Crippen molar-refractivity contribution >= 4 is 11.8 Å².